The molecule has 1 heterocycles. The van der Waals surface area contributed by atoms with E-state index < -0.39 is 11.2 Å². The van der Waals surface area contributed by atoms with Crippen molar-refractivity contribution in [1.82, 2.24) is 15.3 Å². The molecule has 1 aromatic heterocycles. The van der Waals surface area contributed by atoms with Crippen molar-refractivity contribution in [3.8, 4) is 11.1 Å². The molecular formula is C15H13ClFN3O. The number of aromatic nitrogens is 2. The Morgan fingerprint density at radius 3 is 2.52 bits per heavy atom. The first-order chi connectivity index (χ1) is 10.1. The van der Waals surface area contributed by atoms with Crippen LogP contribution < -0.4 is 5.32 Å². The predicted molar refractivity (Wildman–Crippen MR) is 77.4 cm³/mol. The smallest absolute Gasteiger partial charge is 0.233 e. The zero-order valence-electron chi connectivity index (χ0n) is 11.4. The van der Waals surface area contributed by atoms with Gasteiger partial charge in [0, 0.05) is 35.6 Å². The number of rotatable bonds is 3. The van der Waals surface area contributed by atoms with Crippen LogP contribution in [0.1, 0.15) is 18.7 Å². The quantitative estimate of drug-likeness (QED) is 0.948. The minimum Gasteiger partial charge on any atom is -0.358 e. The van der Waals surface area contributed by atoms with Gasteiger partial charge in [0.15, 0.2) is 0 Å². The monoisotopic (exact) mass is 305 g/mol. The molecule has 3 rings (SSSR count). The second-order valence-electron chi connectivity index (χ2n) is 5.08. The van der Waals surface area contributed by atoms with E-state index in [2.05, 4.69) is 15.3 Å². The topological polar surface area (TPSA) is 54.9 Å². The Bertz CT molecular complexity index is 699. The normalized spacial score (nSPS) is 15.6. The number of carbonyl (C=O) groups is 1. The summed E-state index contributed by atoms with van der Waals surface area (Å²) in [7, 11) is 1.60. The molecule has 0 radical (unpaired) electrons. The van der Waals surface area contributed by atoms with Crippen molar-refractivity contribution < 1.29 is 9.18 Å². The van der Waals surface area contributed by atoms with Gasteiger partial charge < -0.3 is 5.32 Å². The molecule has 0 saturated heterocycles. The van der Waals surface area contributed by atoms with Gasteiger partial charge in [-0.25, -0.2) is 14.4 Å². The Morgan fingerprint density at radius 2 is 2.00 bits per heavy atom. The van der Waals surface area contributed by atoms with Crippen LogP contribution in [0.3, 0.4) is 0 Å². The highest BCUT2D eigenvalue weighted by molar-refractivity contribution is 6.30. The zero-order chi connectivity index (χ0) is 15.0. The van der Waals surface area contributed by atoms with Crippen molar-refractivity contribution in [1.29, 1.82) is 0 Å². The molecule has 21 heavy (non-hydrogen) atoms. The Hall–Kier alpha value is -2.01. The molecular weight excluding hydrogens is 293 g/mol. The van der Waals surface area contributed by atoms with Crippen molar-refractivity contribution in [3.63, 3.8) is 0 Å². The first-order valence-electron chi connectivity index (χ1n) is 6.57. The molecule has 1 saturated carbocycles. The summed E-state index contributed by atoms with van der Waals surface area (Å²) >= 11 is 5.73. The molecule has 4 nitrogen and oxygen atoms in total. The number of carbonyl (C=O) groups excluding carboxylic acids is 1. The second kappa shape index (κ2) is 5.07. The molecule has 0 spiro atoms. The maximum absolute atomic E-state index is 13.9. The van der Waals surface area contributed by atoms with Gasteiger partial charge in [-0.1, -0.05) is 11.6 Å². The maximum atomic E-state index is 13.9. The van der Waals surface area contributed by atoms with E-state index in [0.29, 0.717) is 22.0 Å². The number of nitrogens with zero attached hydrogens (tertiary/aromatic N) is 2. The molecule has 108 valence electrons. The van der Waals surface area contributed by atoms with Crippen molar-refractivity contribution in [2.45, 2.75) is 18.3 Å². The lowest BCUT2D eigenvalue weighted by Gasteiger charge is -2.12. The minimum absolute atomic E-state index is 0.0760. The van der Waals surface area contributed by atoms with Crippen LogP contribution in [-0.2, 0) is 10.2 Å². The van der Waals surface area contributed by atoms with E-state index in [1.54, 1.807) is 19.2 Å². The summed E-state index contributed by atoms with van der Waals surface area (Å²) in [6.45, 7) is 0. The summed E-state index contributed by atoms with van der Waals surface area (Å²) in [5.74, 6) is -0.0146. The Kier molecular flexibility index (Phi) is 3.37. The van der Waals surface area contributed by atoms with Crippen LogP contribution in [0.25, 0.3) is 11.1 Å². The highest BCUT2D eigenvalue weighted by Crippen LogP contribution is 2.46. The van der Waals surface area contributed by atoms with Crippen molar-refractivity contribution >= 4 is 17.5 Å². The standard InChI is InChI=1S/C15H13ClFN3O/c1-18-14(21)15(4-5-15)13-19-7-9(8-20-13)11-3-2-10(16)6-12(11)17/h2-3,6-8H,4-5H2,1H3,(H,18,21). The van der Waals surface area contributed by atoms with Gasteiger partial charge in [-0.3, -0.25) is 4.79 Å². The van der Waals surface area contributed by atoms with Gasteiger partial charge in [0.2, 0.25) is 5.91 Å². The van der Waals surface area contributed by atoms with E-state index in [0.717, 1.165) is 12.8 Å². The lowest BCUT2D eigenvalue weighted by molar-refractivity contribution is -0.123. The Balaban J connectivity index is 1.93. The first kappa shape index (κ1) is 13.9. The summed E-state index contributed by atoms with van der Waals surface area (Å²) in [6.07, 6.45) is 4.55. The zero-order valence-corrected chi connectivity index (χ0v) is 12.1. The maximum Gasteiger partial charge on any atom is 0.233 e. The molecule has 0 aliphatic heterocycles. The lowest BCUT2D eigenvalue weighted by atomic mass is 10.0. The van der Waals surface area contributed by atoms with Crippen molar-refractivity contribution in [2.75, 3.05) is 7.05 Å². The summed E-state index contributed by atoms with van der Waals surface area (Å²) in [5, 5.41) is 2.97. The summed E-state index contributed by atoms with van der Waals surface area (Å²) in [4.78, 5) is 20.4. The Morgan fingerprint density at radius 1 is 1.33 bits per heavy atom. The number of amides is 1. The molecule has 1 aliphatic rings. The SMILES string of the molecule is CNC(=O)C1(c2ncc(-c3ccc(Cl)cc3F)cn2)CC1. The van der Waals surface area contributed by atoms with Crippen molar-refractivity contribution in [3.05, 3.63) is 47.3 Å². The van der Waals surface area contributed by atoms with Crippen LogP contribution in [0.2, 0.25) is 5.02 Å². The molecule has 1 N–H and O–H groups in total. The van der Waals surface area contributed by atoms with Gasteiger partial charge >= 0.3 is 0 Å². The molecule has 1 aromatic carbocycles. The van der Waals surface area contributed by atoms with Crippen LogP contribution in [0.15, 0.2) is 30.6 Å². The Labute approximate surface area is 126 Å². The van der Waals surface area contributed by atoms with Gasteiger partial charge in [-0.2, -0.15) is 0 Å². The second-order valence-corrected chi connectivity index (χ2v) is 5.52. The number of likely N-dealkylation sites (N-methyl/N-ethyl adjacent to an activating group) is 1. The van der Waals surface area contributed by atoms with Crippen LogP contribution in [0.4, 0.5) is 4.39 Å². The third-order valence-corrected chi connectivity index (χ3v) is 3.97. The van der Waals surface area contributed by atoms with Crippen LogP contribution in [-0.4, -0.2) is 22.9 Å². The van der Waals surface area contributed by atoms with E-state index in [-0.39, 0.29) is 5.91 Å². The van der Waals surface area contributed by atoms with E-state index in [4.69, 9.17) is 11.6 Å². The predicted octanol–water partition coefficient (Wildman–Crippen LogP) is 2.71. The van der Waals surface area contributed by atoms with Gasteiger partial charge in [-0.15, -0.1) is 0 Å². The minimum atomic E-state index is -0.605. The number of nitrogens with one attached hydrogen (secondary N) is 1. The van der Waals surface area contributed by atoms with Gasteiger partial charge in [0.1, 0.15) is 17.1 Å². The molecule has 1 amide bonds. The molecule has 1 fully saturated rings. The highest BCUT2D eigenvalue weighted by atomic mass is 35.5. The third-order valence-electron chi connectivity index (χ3n) is 3.73. The van der Waals surface area contributed by atoms with Crippen LogP contribution in [0, 0.1) is 5.82 Å². The summed E-state index contributed by atoms with van der Waals surface area (Å²) in [5.41, 5.74) is 0.336. The van der Waals surface area contributed by atoms with Gasteiger partial charge in [0.05, 0.1) is 0 Å². The molecule has 0 atom stereocenters. The van der Waals surface area contributed by atoms with Crippen LogP contribution in [0.5, 0.6) is 0 Å². The molecule has 2 aromatic rings. The fraction of sp³-hybridized carbons (Fsp3) is 0.267. The van der Waals surface area contributed by atoms with E-state index >= 15 is 0 Å². The van der Waals surface area contributed by atoms with Crippen LogP contribution >= 0.6 is 11.6 Å². The fourth-order valence-electron chi connectivity index (χ4n) is 2.35. The van der Waals surface area contributed by atoms with Gasteiger partial charge in [-0.05, 0) is 31.0 Å². The molecule has 0 bridgehead atoms. The largest absolute Gasteiger partial charge is 0.358 e. The highest BCUT2D eigenvalue weighted by Gasteiger charge is 2.53. The molecule has 1 aliphatic carbocycles. The number of halogens is 2. The van der Waals surface area contributed by atoms with E-state index in [1.165, 1.54) is 18.5 Å². The van der Waals surface area contributed by atoms with E-state index in [1.807, 2.05) is 0 Å². The van der Waals surface area contributed by atoms with Gasteiger partial charge in [0.25, 0.3) is 0 Å². The molecule has 6 heteroatoms. The average Bonchev–Trinajstić information content (AvgIpc) is 3.28. The summed E-state index contributed by atoms with van der Waals surface area (Å²) in [6, 6.07) is 4.44. The first-order valence-corrected chi connectivity index (χ1v) is 6.95. The molecule has 0 unspecified atom stereocenters. The average molecular weight is 306 g/mol. The number of benzene rings is 1. The van der Waals surface area contributed by atoms with E-state index in [9.17, 15) is 9.18 Å². The lowest BCUT2D eigenvalue weighted by Crippen LogP contribution is -2.33. The van der Waals surface area contributed by atoms with Crippen molar-refractivity contribution in [2.24, 2.45) is 0 Å². The summed E-state index contributed by atoms with van der Waals surface area (Å²) < 4.78 is 13.9. The number of hydrogen-bond acceptors (Lipinski definition) is 3. The fourth-order valence-corrected chi connectivity index (χ4v) is 2.51. The third kappa shape index (κ3) is 2.38. The number of hydrogen-bond donors (Lipinski definition) is 1.